The zero-order valence-corrected chi connectivity index (χ0v) is 7.65. The van der Waals surface area contributed by atoms with Gasteiger partial charge < -0.3 is 0 Å². The SMILES string of the molecule is CS(=O)(=O)C=Cc1ccsc1. The summed E-state index contributed by atoms with van der Waals surface area (Å²) in [5.74, 6) is 0. The second-order valence-electron chi connectivity index (χ2n) is 2.19. The molecular formula is C7H8O2S2. The van der Waals surface area contributed by atoms with E-state index in [4.69, 9.17) is 0 Å². The third-order valence-corrected chi connectivity index (χ3v) is 2.38. The van der Waals surface area contributed by atoms with Gasteiger partial charge in [0.05, 0.1) is 0 Å². The van der Waals surface area contributed by atoms with Crippen LogP contribution in [-0.2, 0) is 9.84 Å². The maximum absolute atomic E-state index is 10.6. The van der Waals surface area contributed by atoms with Crippen LogP contribution in [0.15, 0.2) is 22.2 Å². The first-order valence-corrected chi connectivity index (χ1v) is 5.88. The van der Waals surface area contributed by atoms with Gasteiger partial charge in [0.15, 0.2) is 9.84 Å². The monoisotopic (exact) mass is 188 g/mol. The lowest BCUT2D eigenvalue weighted by atomic mass is 10.3. The summed E-state index contributed by atoms with van der Waals surface area (Å²) in [5, 5.41) is 5.00. The van der Waals surface area contributed by atoms with Crippen LogP contribution in [0.2, 0.25) is 0 Å². The minimum Gasteiger partial charge on any atom is -0.225 e. The molecule has 0 saturated heterocycles. The van der Waals surface area contributed by atoms with Crippen molar-refractivity contribution in [1.29, 1.82) is 0 Å². The van der Waals surface area contributed by atoms with Crippen LogP contribution >= 0.6 is 11.3 Å². The first-order chi connectivity index (χ1) is 5.08. The Bertz CT molecular complexity index is 333. The lowest BCUT2D eigenvalue weighted by Gasteiger charge is -1.83. The summed E-state index contributed by atoms with van der Waals surface area (Å²) >= 11 is 1.54. The Labute approximate surface area is 70.1 Å². The molecule has 2 nitrogen and oxygen atoms in total. The van der Waals surface area contributed by atoms with Crippen LogP contribution in [0.3, 0.4) is 0 Å². The van der Waals surface area contributed by atoms with Crippen molar-refractivity contribution < 1.29 is 8.42 Å². The predicted molar refractivity (Wildman–Crippen MR) is 48.2 cm³/mol. The average Bonchev–Trinajstić information content (AvgIpc) is 2.32. The number of hydrogen-bond donors (Lipinski definition) is 0. The van der Waals surface area contributed by atoms with Gasteiger partial charge in [0.2, 0.25) is 0 Å². The molecule has 0 aromatic carbocycles. The van der Waals surface area contributed by atoms with E-state index in [-0.39, 0.29) is 0 Å². The largest absolute Gasteiger partial charge is 0.225 e. The van der Waals surface area contributed by atoms with Crippen molar-refractivity contribution in [3.63, 3.8) is 0 Å². The highest BCUT2D eigenvalue weighted by Crippen LogP contribution is 2.08. The van der Waals surface area contributed by atoms with Crippen LogP contribution in [-0.4, -0.2) is 14.7 Å². The second-order valence-corrected chi connectivity index (χ2v) is 4.90. The van der Waals surface area contributed by atoms with Gasteiger partial charge in [-0.2, -0.15) is 11.3 Å². The number of hydrogen-bond acceptors (Lipinski definition) is 3. The molecule has 0 fully saturated rings. The zero-order valence-electron chi connectivity index (χ0n) is 6.02. The molecule has 0 N–H and O–H groups in total. The molecule has 0 saturated carbocycles. The minimum atomic E-state index is -2.98. The summed E-state index contributed by atoms with van der Waals surface area (Å²) in [4.78, 5) is 0. The van der Waals surface area contributed by atoms with Crippen molar-refractivity contribution in [1.82, 2.24) is 0 Å². The summed E-state index contributed by atoms with van der Waals surface area (Å²) in [6.45, 7) is 0. The molecule has 0 aliphatic heterocycles. The van der Waals surface area contributed by atoms with Crippen LogP contribution in [0.25, 0.3) is 6.08 Å². The molecule has 1 rings (SSSR count). The Kier molecular flexibility index (Phi) is 2.46. The number of thiophene rings is 1. The van der Waals surface area contributed by atoms with E-state index in [1.54, 1.807) is 17.4 Å². The Balaban J connectivity index is 2.79. The molecule has 0 bridgehead atoms. The van der Waals surface area contributed by atoms with E-state index in [1.165, 1.54) is 11.7 Å². The molecule has 1 heterocycles. The van der Waals surface area contributed by atoms with Gasteiger partial charge in [0.1, 0.15) is 0 Å². The van der Waals surface area contributed by atoms with Gasteiger partial charge in [0, 0.05) is 11.7 Å². The Morgan fingerprint density at radius 1 is 1.55 bits per heavy atom. The number of rotatable bonds is 2. The smallest absolute Gasteiger partial charge is 0.168 e. The van der Waals surface area contributed by atoms with Gasteiger partial charge in [-0.3, -0.25) is 0 Å². The molecule has 0 amide bonds. The van der Waals surface area contributed by atoms with Crippen molar-refractivity contribution >= 4 is 27.3 Å². The normalized spacial score (nSPS) is 12.5. The third-order valence-electron chi connectivity index (χ3n) is 1.05. The van der Waals surface area contributed by atoms with Crippen molar-refractivity contribution in [2.75, 3.05) is 6.26 Å². The summed E-state index contributed by atoms with van der Waals surface area (Å²) in [5.41, 5.74) is 0.931. The van der Waals surface area contributed by atoms with Gasteiger partial charge in [-0.25, -0.2) is 8.42 Å². The van der Waals surface area contributed by atoms with Crippen LogP contribution in [0.4, 0.5) is 0 Å². The Hall–Kier alpha value is -0.610. The highest BCUT2D eigenvalue weighted by atomic mass is 32.2. The molecule has 0 aliphatic carbocycles. The fourth-order valence-corrected chi connectivity index (χ4v) is 1.60. The standard InChI is InChI=1S/C7H8O2S2/c1-11(8,9)5-3-7-2-4-10-6-7/h2-6H,1H3. The third kappa shape index (κ3) is 3.34. The predicted octanol–water partition coefficient (Wildman–Crippen LogP) is 1.76. The van der Waals surface area contributed by atoms with Crippen LogP contribution < -0.4 is 0 Å². The average molecular weight is 188 g/mol. The molecule has 0 atom stereocenters. The summed E-state index contributed by atoms with van der Waals surface area (Å²) in [6, 6.07) is 1.87. The lowest BCUT2D eigenvalue weighted by Crippen LogP contribution is -1.86. The second kappa shape index (κ2) is 3.19. The molecule has 11 heavy (non-hydrogen) atoms. The Morgan fingerprint density at radius 3 is 2.73 bits per heavy atom. The molecule has 1 aromatic heterocycles. The van der Waals surface area contributed by atoms with Crippen LogP contribution in [0.5, 0.6) is 0 Å². The summed E-state index contributed by atoms with van der Waals surface area (Å²) < 4.78 is 21.3. The number of sulfone groups is 1. The van der Waals surface area contributed by atoms with E-state index in [1.807, 2.05) is 16.8 Å². The van der Waals surface area contributed by atoms with E-state index < -0.39 is 9.84 Å². The van der Waals surface area contributed by atoms with Crippen LogP contribution in [0.1, 0.15) is 5.56 Å². The molecule has 0 unspecified atom stereocenters. The molecule has 1 aromatic rings. The lowest BCUT2D eigenvalue weighted by molar-refractivity contribution is 0.610. The first kappa shape index (κ1) is 8.49. The van der Waals surface area contributed by atoms with E-state index in [2.05, 4.69) is 0 Å². The van der Waals surface area contributed by atoms with Crippen molar-refractivity contribution in [2.45, 2.75) is 0 Å². The molecule has 4 heteroatoms. The van der Waals surface area contributed by atoms with E-state index in [9.17, 15) is 8.42 Å². The quantitative estimate of drug-likeness (QED) is 0.708. The van der Waals surface area contributed by atoms with Gasteiger partial charge in [-0.05, 0) is 28.5 Å². The van der Waals surface area contributed by atoms with E-state index >= 15 is 0 Å². The summed E-state index contributed by atoms with van der Waals surface area (Å²) in [6.07, 6.45) is 2.77. The first-order valence-electron chi connectivity index (χ1n) is 2.98. The van der Waals surface area contributed by atoms with Gasteiger partial charge in [-0.15, -0.1) is 0 Å². The summed E-state index contributed by atoms with van der Waals surface area (Å²) in [7, 11) is -2.98. The van der Waals surface area contributed by atoms with Crippen LogP contribution in [0, 0.1) is 0 Å². The molecule has 0 radical (unpaired) electrons. The van der Waals surface area contributed by atoms with Crippen molar-refractivity contribution in [2.24, 2.45) is 0 Å². The van der Waals surface area contributed by atoms with E-state index in [0.29, 0.717) is 0 Å². The highest BCUT2D eigenvalue weighted by Gasteiger charge is 1.92. The molecule has 0 spiro atoms. The fraction of sp³-hybridized carbons (Fsp3) is 0.143. The van der Waals surface area contributed by atoms with Crippen molar-refractivity contribution in [3.05, 3.63) is 27.8 Å². The van der Waals surface area contributed by atoms with Crippen molar-refractivity contribution in [3.8, 4) is 0 Å². The molecule has 60 valence electrons. The van der Waals surface area contributed by atoms with Gasteiger partial charge in [0.25, 0.3) is 0 Å². The van der Waals surface area contributed by atoms with Gasteiger partial charge in [-0.1, -0.05) is 0 Å². The molecule has 0 aliphatic rings. The fourth-order valence-electron chi connectivity index (χ4n) is 0.572. The topological polar surface area (TPSA) is 34.1 Å². The van der Waals surface area contributed by atoms with Gasteiger partial charge >= 0.3 is 0 Å². The Morgan fingerprint density at radius 2 is 2.27 bits per heavy atom. The highest BCUT2D eigenvalue weighted by molar-refractivity contribution is 7.93. The van der Waals surface area contributed by atoms with E-state index in [0.717, 1.165) is 5.56 Å². The minimum absolute atomic E-state index is 0.931. The molecular weight excluding hydrogens is 180 g/mol. The maximum atomic E-state index is 10.6. The maximum Gasteiger partial charge on any atom is 0.168 e. The zero-order chi connectivity index (χ0) is 8.32.